The second kappa shape index (κ2) is 8.96. The zero-order valence-electron chi connectivity index (χ0n) is 18.0. The Labute approximate surface area is 207 Å². The van der Waals surface area contributed by atoms with Gasteiger partial charge in [0.1, 0.15) is 11.6 Å². The van der Waals surface area contributed by atoms with Crippen LogP contribution in [0.4, 0.5) is 10.1 Å². The predicted molar refractivity (Wildman–Crippen MR) is 126 cm³/mol. The minimum atomic E-state index is -0.786. The Morgan fingerprint density at radius 1 is 1.15 bits per heavy atom. The molecular formula is C24H18BrClFN3O4. The Morgan fingerprint density at radius 3 is 2.56 bits per heavy atom. The van der Waals surface area contributed by atoms with Crippen molar-refractivity contribution in [3.8, 4) is 17.2 Å². The Bertz CT molecular complexity index is 1340. The molecule has 0 saturated heterocycles. The first kappa shape index (κ1) is 22.7. The second-order valence-corrected chi connectivity index (χ2v) is 9.43. The smallest absolute Gasteiger partial charge is 0.261 e. The van der Waals surface area contributed by atoms with Crippen LogP contribution in [0.5, 0.6) is 5.75 Å². The van der Waals surface area contributed by atoms with Crippen LogP contribution < -0.4 is 9.64 Å². The first-order valence-corrected chi connectivity index (χ1v) is 11.8. The number of rotatable bonds is 5. The molecule has 10 heteroatoms. The maximum atomic E-state index is 14.8. The van der Waals surface area contributed by atoms with Gasteiger partial charge in [-0.25, -0.2) is 9.29 Å². The minimum Gasteiger partial charge on any atom is -0.484 e. The first-order chi connectivity index (χ1) is 16.3. The number of ether oxygens (including phenoxy) is 1. The van der Waals surface area contributed by atoms with E-state index in [1.807, 2.05) is 25.1 Å². The van der Waals surface area contributed by atoms with Gasteiger partial charge in [-0.3, -0.25) is 9.59 Å². The van der Waals surface area contributed by atoms with Gasteiger partial charge in [0.15, 0.2) is 6.61 Å². The normalized spacial score (nSPS) is 15.8. The van der Waals surface area contributed by atoms with Crippen molar-refractivity contribution in [1.82, 2.24) is 10.1 Å². The maximum Gasteiger partial charge on any atom is 0.261 e. The number of hydrogen-bond acceptors (Lipinski definition) is 6. The fraction of sp³-hybridized carbons (Fsp3) is 0.250. The molecule has 0 bridgehead atoms. The summed E-state index contributed by atoms with van der Waals surface area (Å²) in [7, 11) is 0. The summed E-state index contributed by atoms with van der Waals surface area (Å²) in [5.41, 5.74) is 2.48. The lowest BCUT2D eigenvalue weighted by Crippen LogP contribution is -2.32. The van der Waals surface area contributed by atoms with Crippen LogP contribution in [0.2, 0.25) is 5.02 Å². The van der Waals surface area contributed by atoms with Crippen molar-refractivity contribution in [3.05, 3.63) is 68.2 Å². The van der Waals surface area contributed by atoms with Crippen LogP contribution in [-0.4, -0.2) is 22.0 Å². The van der Waals surface area contributed by atoms with Gasteiger partial charge in [0.05, 0.1) is 10.7 Å². The molecule has 0 N–H and O–H groups in total. The van der Waals surface area contributed by atoms with Crippen molar-refractivity contribution in [1.29, 1.82) is 0 Å². The third kappa shape index (κ3) is 4.03. The first-order valence-electron chi connectivity index (χ1n) is 10.6. The summed E-state index contributed by atoms with van der Waals surface area (Å²) in [5, 5.41) is 3.92. The van der Waals surface area contributed by atoms with Crippen molar-refractivity contribution in [2.75, 3.05) is 4.90 Å². The second-order valence-electron chi connectivity index (χ2n) is 8.11. The number of aromatic nitrogens is 2. The molecule has 0 radical (unpaired) electrons. The molecule has 0 fully saturated rings. The Morgan fingerprint density at radius 2 is 1.85 bits per heavy atom. The summed E-state index contributed by atoms with van der Waals surface area (Å²) in [6, 6.07) is 7.98. The van der Waals surface area contributed by atoms with E-state index in [1.54, 1.807) is 0 Å². The molecule has 0 unspecified atom stereocenters. The highest BCUT2D eigenvalue weighted by Gasteiger charge is 2.41. The monoisotopic (exact) mass is 545 g/mol. The van der Waals surface area contributed by atoms with Crippen LogP contribution in [0.1, 0.15) is 37.1 Å². The zero-order chi connectivity index (χ0) is 24.0. The van der Waals surface area contributed by atoms with Crippen LogP contribution in [0.15, 0.2) is 50.5 Å². The van der Waals surface area contributed by atoms with Gasteiger partial charge >= 0.3 is 0 Å². The van der Waals surface area contributed by atoms with Gasteiger partial charge in [0.25, 0.3) is 17.7 Å². The van der Waals surface area contributed by atoms with Gasteiger partial charge in [-0.2, -0.15) is 4.98 Å². The van der Waals surface area contributed by atoms with Gasteiger partial charge in [-0.05, 0) is 56.4 Å². The van der Waals surface area contributed by atoms with Crippen LogP contribution in [0.25, 0.3) is 11.5 Å². The quantitative estimate of drug-likeness (QED) is 0.369. The SMILES string of the molecule is Cc1ccc(Br)cc1-c1nc(COc2cc(N3C(=O)C4=C(CCCC4)C3=O)c(F)cc2Cl)no1. The van der Waals surface area contributed by atoms with Crippen molar-refractivity contribution in [2.45, 2.75) is 39.2 Å². The molecule has 7 nitrogen and oxygen atoms in total. The lowest BCUT2D eigenvalue weighted by molar-refractivity contribution is -0.120. The van der Waals surface area contributed by atoms with Crippen molar-refractivity contribution in [3.63, 3.8) is 0 Å². The predicted octanol–water partition coefficient (Wildman–Crippen LogP) is 5.92. The highest BCUT2D eigenvalue weighted by atomic mass is 79.9. The number of benzene rings is 2. The number of amides is 2. The third-order valence-electron chi connectivity index (χ3n) is 5.89. The molecule has 34 heavy (non-hydrogen) atoms. The molecular weight excluding hydrogens is 529 g/mol. The maximum absolute atomic E-state index is 14.8. The minimum absolute atomic E-state index is 0.00961. The molecule has 1 aliphatic heterocycles. The van der Waals surface area contributed by atoms with E-state index in [1.165, 1.54) is 6.07 Å². The molecule has 1 aliphatic carbocycles. The van der Waals surface area contributed by atoms with Crippen molar-refractivity contribution >= 4 is 45.0 Å². The van der Waals surface area contributed by atoms with E-state index in [4.69, 9.17) is 20.9 Å². The van der Waals surface area contributed by atoms with Crippen LogP contribution in [0.3, 0.4) is 0 Å². The van der Waals surface area contributed by atoms with Gasteiger partial charge in [0.2, 0.25) is 5.82 Å². The van der Waals surface area contributed by atoms with Crippen LogP contribution >= 0.6 is 27.5 Å². The number of imide groups is 1. The fourth-order valence-electron chi connectivity index (χ4n) is 4.15. The van der Waals surface area contributed by atoms with Crippen LogP contribution in [0, 0.1) is 12.7 Å². The number of aryl methyl sites for hydroxylation is 1. The number of hydrogen-bond donors (Lipinski definition) is 0. The van der Waals surface area contributed by atoms with E-state index >= 15 is 0 Å². The average molecular weight is 547 g/mol. The van der Waals surface area contributed by atoms with Crippen molar-refractivity contribution < 1.29 is 23.2 Å². The molecule has 174 valence electrons. The Balaban J connectivity index is 1.38. The van der Waals surface area contributed by atoms with E-state index in [-0.39, 0.29) is 28.9 Å². The molecule has 2 aliphatic rings. The Kier molecular flexibility index (Phi) is 5.99. The molecule has 3 aromatic rings. The van der Waals surface area contributed by atoms with E-state index in [2.05, 4.69) is 26.1 Å². The third-order valence-corrected chi connectivity index (χ3v) is 6.68. The molecule has 0 atom stereocenters. The summed E-state index contributed by atoms with van der Waals surface area (Å²) in [6.45, 7) is 1.81. The number of anilines is 1. The number of nitrogens with zero attached hydrogens (tertiary/aromatic N) is 3. The van der Waals surface area contributed by atoms with E-state index < -0.39 is 17.6 Å². The van der Waals surface area contributed by atoms with E-state index in [9.17, 15) is 14.0 Å². The fourth-order valence-corrected chi connectivity index (χ4v) is 4.71. The lowest BCUT2D eigenvalue weighted by atomic mass is 9.93. The lowest BCUT2D eigenvalue weighted by Gasteiger charge is -2.18. The summed E-state index contributed by atoms with van der Waals surface area (Å²) in [5.74, 6) is -1.09. The largest absolute Gasteiger partial charge is 0.484 e. The van der Waals surface area contributed by atoms with Gasteiger partial charge in [-0.1, -0.05) is 38.8 Å². The summed E-state index contributed by atoms with van der Waals surface area (Å²) < 4.78 is 26.7. The van der Waals surface area contributed by atoms with Gasteiger partial charge < -0.3 is 9.26 Å². The summed E-state index contributed by atoms with van der Waals surface area (Å²) in [6.07, 6.45) is 2.70. The Hall–Kier alpha value is -3.04. The average Bonchev–Trinajstić information content (AvgIpc) is 3.39. The van der Waals surface area contributed by atoms with Crippen molar-refractivity contribution in [2.24, 2.45) is 0 Å². The molecule has 2 amide bonds. The number of halogens is 3. The van der Waals surface area contributed by atoms with E-state index in [0.717, 1.165) is 39.4 Å². The summed E-state index contributed by atoms with van der Waals surface area (Å²) >= 11 is 9.60. The number of carbonyl (C=O) groups is 2. The summed E-state index contributed by atoms with van der Waals surface area (Å²) in [4.78, 5) is 30.9. The van der Waals surface area contributed by atoms with Gasteiger partial charge in [-0.15, -0.1) is 0 Å². The highest BCUT2D eigenvalue weighted by molar-refractivity contribution is 9.10. The van der Waals surface area contributed by atoms with Gasteiger partial charge in [0, 0.05) is 27.2 Å². The molecule has 2 heterocycles. The molecule has 5 rings (SSSR count). The molecule has 2 aromatic carbocycles. The molecule has 0 saturated carbocycles. The molecule has 1 aromatic heterocycles. The topological polar surface area (TPSA) is 85.5 Å². The zero-order valence-corrected chi connectivity index (χ0v) is 20.4. The highest BCUT2D eigenvalue weighted by Crippen LogP contribution is 2.39. The number of carbonyl (C=O) groups excluding carboxylic acids is 2. The van der Waals surface area contributed by atoms with E-state index in [0.29, 0.717) is 29.9 Å². The van der Waals surface area contributed by atoms with Crippen LogP contribution in [-0.2, 0) is 16.2 Å². The standard InChI is InChI=1S/C24H18BrClFN3O4/c1-12-6-7-13(25)8-16(12)22-28-21(29-34-22)11-33-20-10-19(18(27)9-17(20)26)30-23(31)14-4-2-3-5-15(14)24(30)32/h6-10H,2-5,11H2,1H3. The molecule has 0 spiro atoms.